The second-order valence-corrected chi connectivity index (χ2v) is 6.72. The molecule has 23 heavy (non-hydrogen) atoms. The van der Waals surface area contributed by atoms with Gasteiger partial charge in [-0.15, -0.1) is 0 Å². The van der Waals surface area contributed by atoms with Crippen molar-refractivity contribution in [3.8, 4) is 23.0 Å². The predicted molar refractivity (Wildman–Crippen MR) is 90.3 cm³/mol. The van der Waals surface area contributed by atoms with Crippen LogP contribution in [0.15, 0.2) is 12.2 Å². The van der Waals surface area contributed by atoms with Gasteiger partial charge >= 0.3 is 0 Å². The summed E-state index contributed by atoms with van der Waals surface area (Å²) in [7, 11) is 3.40. The van der Waals surface area contributed by atoms with Gasteiger partial charge in [-0.3, -0.25) is 0 Å². The van der Waals surface area contributed by atoms with Crippen LogP contribution in [0.3, 0.4) is 0 Å². The summed E-state index contributed by atoms with van der Waals surface area (Å²) < 4.78 is 23.7. The van der Waals surface area contributed by atoms with E-state index in [0.717, 1.165) is 17.9 Å². The third-order valence-corrected chi connectivity index (χ3v) is 4.34. The Morgan fingerprint density at radius 1 is 0.739 bits per heavy atom. The van der Waals surface area contributed by atoms with Crippen LogP contribution >= 0.6 is 0 Å². The molecule has 2 aliphatic rings. The van der Waals surface area contributed by atoms with E-state index in [-0.39, 0.29) is 12.2 Å². The molecule has 4 nitrogen and oxygen atoms in total. The van der Waals surface area contributed by atoms with Gasteiger partial charge in [-0.05, 0) is 34.1 Å². The molecule has 2 atom stereocenters. The van der Waals surface area contributed by atoms with E-state index in [2.05, 4.69) is 12.2 Å². The van der Waals surface area contributed by atoms with E-state index in [1.165, 1.54) is 11.1 Å². The highest BCUT2D eigenvalue weighted by Crippen LogP contribution is 2.62. The molecule has 3 rings (SSSR count). The van der Waals surface area contributed by atoms with Gasteiger partial charge in [-0.25, -0.2) is 0 Å². The van der Waals surface area contributed by atoms with Crippen molar-refractivity contribution < 1.29 is 18.9 Å². The van der Waals surface area contributed by atoms with Gasteiger partial charge in [0.05, 0.1) is 26.4 Å². The first-order valence-corrected chi connectivity index (χ1v) is 8.31. The lowest BCUT2D eigenvalue weighted by molar-refractivity contribution is 0.184. The Morgan fingerprint density at radius 2 is 1.13 bits per heavy atom. The number of fused-ring (bicyclic) bond motifs is 5. The maximum atomic E-state index is 6.09. The van der Waals surface area contributed by atoms with Crippen LogP contribution in [0.2, 0.25) is 0 Å². The Kier molecular flexibility index (Phi) is 4.17. The zero-order valence-electron chi connectivity index (χ0n) is 14.8. The molecule has 0 unspecified atom stereocenters. The molecule has 0 saturated heterocycles. The Morgan fingerprint density at radius 3 is 1.43 bits per heavy atom. The number of allylic oxidation sites excluding steroid dienone is 2. The summed E-state index contributed by atoms with van der Waals surface area (Å²) in [5.74, 6) is 3.66. The average Bonchev–Trinajstić information content (AvgIpc) is 3.08. The van der Waals surface area contributed by atoms with Crippen LogP contribution in [0.4, 0.5) is 0 Å². The van der Waals surface area contributed by atoms with E-state index in [1.807, 2.05) is 27.7 Å². The molecule has 1 aromatic carbocycles. The van der Waals surface area contributed by atoms with Crippen LogP contribution in [0.1, 0.15) is 57.1 Å². The van der Waals surface area contributed by atoms with Crippen molar-refractivity contribution in [2.24, 2.45) is 0 Å². The third-order valence-electron chi connectivity index (χ3n) is 4.34. The molecule has 0 aromatic heterocycles. The van der Waals surface area contributed by atoms with Crippen LogP contribution in [-0.4, -0.2) is 26.4 Å². The average molecular weight is 318 g/mol. The lowest BCUT2D eigenvalue weighted by Gasteiger charge is -2.26. The minimum Gasteiger partial charge on any atom is -0.492 e. The van der Waals surface area contributed by atoms with E-state index in [1.54, 1.807) is 14.2 Å². The van der Waals surface area contributed by atoms with Gasteiger partial charge in [0, 0.05) is 23.0 Å². The molecule has 0 amide bonds. The highest BCUT2D eigenvalue weighted by atomic mass is 16.6. The topological polar surface area (TPSA) is 36.9 Å². The number of methoxy groups -OCH3 is 2. The molecule has 2 bridgehead atoms. The SMILES string of the molecule is COc1c(OC(C)C)c(OC(C)C)c(OC)c2c1[C@@H]1C=C[C@H]2C1. The van der Waals surface area contributed by atoms with Crippen molar-refractivity contribution in [3.63, 3.8) is 0 Å². The molecule has 0 N–H and O–H groups in total. The maximum Gasteiger partial charge on any atom is 0.208 e. The lowest BCUT2D eigenvalue weighted by Crippen LogP contribution is -2.15. The summed E-state index contributed by atoms with van der Waals surface area (Å²) >= 11 is 0. The second-order valence-electron chi connectivity index (χ2n) is 6.72. The standard InChI is InChI=1S/C19H26O4/c1-10(2)22-18-16(20-5)14-12-7-8-13(9-12)15(14)17(21-6)19(18)23-11(3)4/h7-8,10-13H,9H2,1-6H3/t12-,13+. The molecular formula is C19H26O4. The van der Waals surface area contributed by atoms with Gasteiger partial charge < -0.3 is 18.9 Å². The number of benzene rings is 1. The molecule has 0 fully saturated rings. The maximum absolute atomic E-state index is 6.09. The van der Waals surface area contributed by atoms with Crippen LogP contribution in [0, 0.1) is 0 Å². The molecule has 0 saturated carbocycles. The summed E-state index contributed by atoms with van der Waals surface area (Å²) in [5.41, 5.74) is 2.40. The van der Waals surface area contributed by atoms with E-state index in [4.69, 9.17) is 18.9 Å². The van der Waals surface area contributed by atoms with Crippen molar-refractivity contribution in [1.29, 1.82) is 0 Å². The van der Waals surface area contributed by atoms with Crippen LogP contribution < -0.4 is 18.9 Å². The van der Waals surface area contributed by atoms with Gasteiger partial charge in [-0.2, -0.15) is 0 Å². The van der Waals surface area contributed by atoms with E-state index >= 15 is 0 Å². The van der Waals surface area contributed by atoms with Gasteiger partial charge in [0.25, 0.3) is 0 Å². The monoisotopic (exact) mass is 318 g/mol. The molecule has 2 aliphatic carbocycles. The third kappa shape index (κ3) is 2.54. The Balaban J connectivity index is 2.27. The fourth-order valence-electron chi connectivity index (χ4n) is 3.65. The second kappa shape index (κ2) is 5.99. The zero-order chi connectivity index (χ0) is 16.7. The van der Waals surface area contributed by atoms with Gasteiger partial charge in [0.15, 0.2) is 11.5 Å². The summed E-state index contributed by atoms with van der Waals surface area (Å²) in [6, 6.07) is 0. The zero-order valence-corrected chi connectivity index (χ0v) is 14.8. The van der Waals surface area contributed by atoms with Crippen molar-refractivity contribution in [2.45, 2.75) is 58.2 Å². The summed E-state index contributed by atoms with van der Waals surface area (Å²) in [6.45, 7) is 8.02. The number of hydrogen-bond acceptors (Lipinski definition) is 4. The number of hydrogen-bond donors (Lipinski definition) is 0. The quantitative estimate of drug-likeness (QED) is 0.728. The van der Waals surface area contributed by atoms with E-state index in [0.29, 0.717) is 23.3 Å². The number of rotatable bonds is 6. The van der Waals surface area contributed by atoms with E-state index < -0.39 is 0 Å². The normalized spacial score (nSPS) is 21.0. The molecule has 1 aromatic rings. The minimum absolute atomic E-state index is 0.0234. The summed E-state index contributed by atoms with van der Waals surface area (Å²) in [5, 5.41) is 0. The first kappa shape index (κ1) is 16.0. The fraction of sp³-hybridized carbons (Fsp3) is 0.579. The van der Waals surface area contributed by atoms with Gasteiger partial charge in [0.1, 0.15) is 0 Å². The number of ether oxygens (including phenoxy) is 4. The van der Waals surface area contributed by atoms with Crippen molar-refractivity contribution in [2.75, 3.05) is 14.2 Å². The molecule has 4 heteroatoms. The van der Waals surface area contributed by atoms with Crippen molar-refractivity contribution >= 4 is 0 Å². The fourth-order valence-corrected chi connectivity index (χ4v) is 3.65. The Hall–Kier alpha value is -1.84. The van der Waals surface area contributed by atoms with Crippen LogP contribution in [-0.2, 0) is 0 Å². The smallest absolute Gasteiger partial charge is 0.208 e. The molecule has 0 radical (unpaired) electrons. The van der Waals surface area contributed by atoms with Gasteiger partial charge in [-0.1, -0.05) is 12.2 Å². The first-order chi connectivity index (χ1) is 11.0. The van der Waals surface area contributed by atoms with Gasteiger partial charge in [0.2, 0.25) is 11.5 Å². The predicted octanol–water partition coefficient (Wildman–Crippen LogP) is 4.42. The molecule has 0 heterocycles. The Bertz CT molecular complexity index is 578. The highest BCUT2D eigenvalue weighted by Gasteiger charge is 2.42. The van der Waals surface area contributed by atoms with Crippen molar-refractivity contribution in [3.05, 3.63) is 23.3 Å². The first-order valence-electron chi connectivity index (χ1n) is 8.31. The molecule has 0 spiro atoms. The summed E-state index contributed by atoms with van der Waals surface area (Å²) in [4.78, 5) is 0. The molecule has 126 valence electrons. The van der Waals surface area contributed by atoms with E-state index in [9.17, 15) is 0 Å². The highest BCUT2D eigenvalue weighted by molar-refractivity contribution is 5.72. The van der Waals surface area contributed by atoms with Crippen LogP contribution in [0.25, 0.3) is 0 Å². The summed E-state index contributed by atoms with van der Waals surface area (Å²) in [6.07, 6.45) is 5.65. The van der Waals surface area contributed by atoms with Crippen LogP contribution in [0.5, 0.6) is 23.0 Å². The minimum atomic E-state index is 0.0234. The molecular weight excluding hydrogens is 292 g/mol. The lowest BCUT2D eigenvalue weighted by atomic mass is 9.93. The molecule has 0 aliphatic heterocycles. The van der Waals surface area contributed by atoms with Crippen molar-refractivity contribution in [1.82, 2.24) is 0 Å². The Labute approximate surface area is 138 Å². The largest absolute Gasteiger partial charge is 0.492 e.